The molecule has 1 fully saturated rings. The molecule has 1 saturated heterocycles. The van der Waals surface area contributed by atoms with Crippen LogP contribution >= 0.6 is 0 Å². The second-order valence-electron chi connectivity index (χ2n) is 6.89. The Balaban J connectivity index is 1.85. The Morgan fingerprint density at radius 3 is 2.56 bits per heavy atom. The van der Waals surface area contributed by atoms with Gasteiger partial charge in [0.05, 0.1) is 6.26 Å². The van der Waals surface area contributed by atoms with E-state index in [1.54, 1.807) is 0 Å². The first-order valence-electron chi connectivity index (χ1n) is 8.43. The molecule has 136 valence electrons. The van der Waals surface area contributed by atoms with Crippen molar-refractivity contribution in [1.29, 1.82) is 0 Å². The molecule has 0 aliphatic carbocycles. The lowest BCUT2D eigenvalue weighted by atomic mass is 10.0. The minimum atomic E-state index is -3.24. The van der Waals surface area contributed by atoms with Crippen LogP contribution in [-0.2, 0) is 10.0 Å². The van der Waals surface area contributed by atoms with Gasteiger partial charge >= 0.3 is 0 Å². The molecule has 0 bridgehead atoms. The third-order valence-electron chi connectivity index (χ3n) is 4.88. The van der Waals surface area contributed by atoms with Crippen molar-refractivity contribution in [3.63, 3.8) is 0 Å². The number of piperidine rings is 1. The molecule has 0 spiro atoms. The number of amides is 1. The first-order chi connectivity index (χ1) is 11.7. The lowest BCUT2D eigenvalue weighted by Gasteiger charge is -2.31. The van der Waals surface area contributed by atoms with Gasteiger partial charge in [0.1, 0.15) is 5.58 Å². The number of sulfonamides is 1. The molecule has 2 aromatic rings. The zero-order valence-electron chi connectivity index (χ0n) is 15.0. The topological polar surface area (TPSA) is 79.6 Å². The van der Waals surface area contributed by atoms with Crippen molar-refractivity contribution in [1.82, 2.24) is 9.62 Å². The molecule has 1 atom stereocenters. The highest BCUT2D eigenvalue weighted by Gasteiger charge is 2.28. The van der Waals surface area contributed by atoms with Gasteiger partial charge in [-0.2, -0.15) is 0 Å². The molecule has 1 aliphatic heterocycles. The van der Waals surface area contributed by atoms with Crippen molar-refractivity contribution in [3.05, 3.63) is 34.6 Å². The molecule has 1 N–H and O–H groups in total. The number of fused-ring (bicyclic) bond motifs is 1. The molecule has 0 saturated carbocycles. The first kappa shape index (κ1) is 17.9. The molecule has 0 unspecified atom stereocenters. The van der Waals surface area contributed by atoms with E-state index < -0.39 is 10.0 Å². The number of nitrogens with zero attached hydrogens (tertiary/aromatic N) is 1. The van der Waals surface area contributed by atoms with Gasteiger partial charge in [-0.25, -0.2) is 12.7 Å². The molecular formula is C18H24N2O4S. The summed E-state index contributed by atoms with van der Waals surface area (Å²) in [7, 11) is -3.24. The Kier molecular flexibility index (Phi) is 4.64. The molecular weight excluding hydrogens is 340 g/mol. The van der Waals surface area contributed by atoms with Gasteiger partial charge in [-0.1, -0.05) is 12.1 Å². The van der Waals surface area contributed by atoms with Crippen molar-refractivity contribution < 1.29 is 17.6 Å². The minimum absolute atomic E-state index is 0.203. The zero-order valence-corrected chi connectivity index (χ0v) is 15.9. The van der Waals surface area contributed by atoms with E-state index in [4.69, 9.17) is 4.42 Å². The zero-order chi connectivity index (χ0) is 18.4. The number of furan rings is 1. The summed E-state index contributed by atoms with van der Waals surface area (Å²) in [5.74, 6) is 0.0248. The minimum Gasteiger partial charge on any atom is -0.450 e. The molecule has 1 amide bonds. The van der Waals surface area contributed by atoms with Gasteiger partial charge in [0.25, 0.3) is 5.91 Å². The van der Waals surface area contributed by atoms with Gasteiger partial charge in [0, 0.05) is 30.1 Å². The predicted molar refractivity (Wildman–Crippen MR) is 97.3 cm³/mol. The van der Waals surface area contributed by atoms with E-state index in [1.165, 1.54) is 10.6 Å². The molecule has 25 heavy (non-hydrogen) atoms. The summed E-state index contributed by atoms with van der Waals surface area (Å²) in [6.45, 7) is 6.65. The average molecular weight is 364 g/mol. The number of aryl methyl sites for hydroxylation is 3. The van der Waals surface area contributed by atoms with Crippen LogP contribution in [0.5, 0.6) is 0 Å². The fourth-order valence-electron chi connectivity index (χ4n) is 3.50. The molecule has 0 radical (unpaired) electrons. The van der Waals surface area contributed by atoms with Crippen LogP contribution in [0.2, 0.25) is 0 Å². The maximum atomic E-state index is 12.7. The van der Waals surface area contributed by atoms with E-state index in [-0.39, 0.29) is 11.9 Å². The van der Waals surface area contributed by atoms with Crippen LogP contribution in [0, 0.1) is 20.8 Å². The summed E-state index contributed by atoms with van der Waals surface area (Å²) in [6, 6.07) is 3.80. The summed E-state index contributed by atoms with van der Waals surface area (Å²) >= 11 is 0. The van der Waals surface area contributed by atoms with Crippen molar-refractivity contribution in [3.8, 4) is 0 Å². The van der Waals surface area contributed by atoms with E-state index in [9.17, 15) is 13.2 Å². The molecule has 6 nitrogen and oxygen atoms in total. The first-order valence-corrected chi connectivity index (χ1v) is 10.3. The highest BCUT2D eigenvalue weighted by molar-refractivity contribution is 7.88. The number of hydrogen-bond acceptors (Lipinski definition) is 4. The third-order valence-corrected chi connectivity index (χ3v) is 6.15. The Labute approximate surface area is 148 Å². The van der Waals surface area contributed by atoms with E-state index in [0.29, 0.717) is 18.8 Å². The monoisotopic (exact) mass is 364 g/mol. The SMILES string of the molecule is Cc1ccc(C)c2c(C)c(C(=O)N[C@@H]3CCCN(S(C)(=O)=O)C3)oc12. The van der Waals surface area contributed by atoms with Gasteiger partial charge in [0.15, 0.2) is 5.76 Å². The number of carbonyl (C=O) groups excluding carboxylic acids is 1. The summed E-state index contributed by atoms with van der Waals surface area (Å²) < 4.78 is 30.7. The average Bonchev–Trinajstić information content (AvgIpc) is 2.89. The Bertz CT molecular complexity index is 930. The Morgan fingerprint density at radius 1 is 1.24 bits per heavy atom. The second kappa shape index (κ2) is 6.46. The maximum absolute atomic E-state index is 12.7. The largest absolute Gasteiger partial charge is 0.450 e. The van der Waals surface area contributed by atoms with Crippen LogP contribution in [0.3, 0.4) is 0 Å². The second-order valence-corrected chi connectivity index (χ2v) is 8.88. The lowest BCUT2D eigenvalue weighted by Crippen LogP contribution is -2.49. The van der Waals surface area contributed by atoms with Crippen molar-refractivity contribution in [2.24, 2.45) is 0 Å². The van der Waals surface area contributed by atoms with Crippen LogP contribution in [-0.4, -0.2) is 44.0 Å². The highest BCUT2D eigenvalue weighted by atomic mass is 32.2. The Morgan fingerprint density at radius 2 is 1.92 bits per heavy atom. The standard InChI is InChI=1S/C18H24N2O4S/c1-11-7-8-12(2)16-15(11)13(3)17(24-16)18(21)19-14-6-5-9-20(10-14)25(4,22)23/h7-8,14H,5-6,9-10H2,1-4H3,(H,19,21)/t14-/m1/s1. The number of hydrogen-bond donors (Lipinski definition) is 1. The Hall–Kier alpha value is -1.86. The molecule has 3 rings (SSSR count). The summed E-state index contributed by atoms with van der Waals surface area (Å²) in [4.78, 5) is 12.7. The molecule has 2 heterocycles. The van der Waals surface area contributed by atoms with Gasteiger partial charge in [0.2, 0.25) is 10.0 Å². The molecule has 1 aliphatic rings. The van der Waals surface area contributed by atoms with Crippen LogP contribution in [0.4, 0.5) is 0 Å². The number of benzene rings is 1. The highest BCUT2D eigenvalue weighted by Crippen LogP contribution is 2.30. The molecule has 1 aromatic heterocycles. The third kappa shape index (κ3) is 3.43. The van der Waals surface area contributed by atoms with Crippen molar-refractivity contribution in [2.45, 2.75) is 39.7 Å². The van der Waals surface area contributed by atoms with Crippen LogP contribution < -0.4 is 5.32 Å². The normalized spacial score (nSPS) is 19.3. The maximum Gasteiger partial charge on any atom is 0.287 e. The summed E-state index contributed by atoms with van der Waals surface area (Å²) in [5.41, 5.74) is 3.62. The van der Waals surface area contributed by atoms with Gasteiger partial charge in [-0.05, 0) is 44.7 Å². The number of carbonyl (C=O) groups is 1. The van der Waals surface area contributed by atoms with Crippen molar-refractivity contribution >= 4 is 26.9 Å². The van der Waals surface area contributed by atoms with Crippen LogP contribution in [0.25, 0.3) is 11.0 Å². The summed E-state index contributed by atoms with van der Waals surface area (Å²) in [6.07, 6.45) is 2.69. The molecule has 7 heteroatoms. The van der Waals surface area contributed by atoms with Gasteiger partial charge < -0.3 is 9.73 Å². The van der Waals surface area contributed by atoms with E-state index in [2.05, 4.69) is 5.32 Å². The van der Waals surface area contributed by atoms with Crippen LogP contribution in [0.15, 0.2) is 16.5 Å². The van der Waals surface area contributed by atoms with Crippen LogP contribution in [0.1, 0.15) is 40.1 Å². The van der Waals surface area contributed by atoms with E-state index in [1.807, 2.05) is 32.9 Å². The predicted octanol–water partition coefficient (Wildman–Crippen LogP) is 2.51. The fourth-order valence-corrected chi connectivity index (χ4v) is 4.42. The molecule has 1 aromatic carbocycles. The number of nitrogens with one attached hydrogen (secondary N) is 1. The smallest absolute Gasteiger partial charge is 0.287 e. The summed E-state index contributed by atoms with van der Waals surface area (Å²) in [5, 5.41) is 3.92. The quantitative estimate of drug-likeness (QED) is 0.907. The van der Waals surface area contributed by atoms with Gasteiger partial charge in [-0.15, -0.1) is 0 Å². The lowest BCUT2D eigenvalue weighted by molar-refractivity contribution is 0.0894. The fraction of sp³-hybridized carbons (Fsp3) is 0.500. The van der Waals surface area contributed by atoms with Crippen molar-refractivity contribution in [2.75, 3.05) is 19.3 Å². The number of rotatable bonds is 3. The van der Waals surface area contributed by atoms with E-state index in [0.717, 1.165) is 40.5 Å². The van der Waals surface area contributed by atoms with Gasteiger partial charge in [-0.3, -0.25) is 4.79 Å². The van der Waals surface area contributed by atoms with E-state index >= 15 is 0 Å².